The van der Waals surface area contributed by atoms with Crippen LogP contribution in [0.4, 0.5) is 0 Å². The maximum atomic E-state index is 11.7. The number of nitrogens with two attached hydrogens (primary N) is 1. The van der Waals surface area contributed by atoms with E-state index in [0.29, 0.717) is 5.56 Å². The fourth-order valence-electron chi connectivity index (χ4n) is 1.53. The molecule has 0 spiro atoms. The van der Waals surface area contributed by atoms with Gasteiger partial charge < -0.3 is 10.6 Å². The van der Waals surface area contributed by atoms with Crippen LogP contribution in [0.2, 0.25) is 0 Å². The average molecular weight is 254 g/mol. The SMILES string of the molecule is N[C@H](C(=O)ON=Cc1ccccc1)c1ccccc1. The number of carbonyl (C=O) groups excluding carboxylic acids is 1. The summed E-state index contributed by atoms with van der Waals surface area (Å²) in [5.74, 6) is -0.585. The monoisotopic (exact) mass is 254 g/mol. The van der Waals surface area contributed by atoms with Crippen LogP contribution >= 0.6 is 0 Å². The maximum Gasteiger partial charge on any atom is 0.356 e. The number of oxime groups is 1. The van der Waals surface area contributed by atoms with Gasteiger partial charge in [0.05, 0.1) is 6.21 Å². The lowest BCUT2D eigenvalue weighted by Crippen LogP contribution is -2.22. The minimum Gasteiger partial charge on any atom is -0.316 e. The van der Waals surface area contributed by atoms with Gasteiger partial charge in [0.25, 0.3) is 0 Å². The summed E-state index contributed by atoms with van der Waals surface area (Å²) < 4.78 is 0. The largest absolute Gasteiger partial charge is 0.356 e. The molecule has 0 saturated heterocycles. The molecule has 19 heavy (non-hydrogen) atoms. The quantitative estimate of drug-likeness (QED) is 0.517. The van der Waals surface area contributed by atoms with Gasteiger partial charge in [-0.2, -0.15) is 0 Å². The second-order valence-electron chi connectivity index (χ2n) is 3.94. The van der Waals surface area contributed by atoms with Crippen LogP contribution in [0.15, 0.2) is 65.8 Å². The number of nitrogens with zero attached hydrogens (tertiary/aromatic N) is 1. The van der Waals surface area contributed by atoms with Crippen LogP contribution in [0.3, 0.4) is 0 Å². The number of benzene rings is 2. The van der Waals surface area contributed by atoms with E-state index < -0.39 is 12.0 Å². The van der Waals surface area contributed by atoms with Crippen molar-refractivity contribution in [1.29, 1.82) is 0 Å². The van der Waals surface area contributed by atoms with E-state index in [4.69, 9.17) is 10.6 Å². The Bertz CT molecular complexity index is 553. The molecular formula is C15H14N2O2. The summed E-state index contributed by atoms with van der Waals surface area (Å²) in [6.45, 7) is 0. The minimum absolute atomic E-state index is 0.585. The fraction of sp³-hybridized carbons (Fsp3) is 0.0667. The summed E-state index contributed by atoms with van der Waals surface area (Å²) in [6.07, 6.45) is 1.47. The molecule has 96 valence electrons. The van der Waals surface area contributed by atoms with Crippen molar-refractivity contribution in [2.45, 2.75) is 6.04 Å². The summed E-state index contributed by atoms with van der Waals surface area (Å²) in [7, 11) is 0. The highest BCUT2D eigenvalue weighted by Gasteiger charge is 2.16. The van der Waals surface area contributed by atoms with Gasteiger partial charge in [-0.05, 0) is 11.1 Å². The van der Waals surface area contributed by atoms with Gasteiger partial charge in [-0.3, -0.25) is 0 Å². The van der Waals surface area contributed by atoms with Crippen molar-refractivity contribution < 1.29 is 9.63 Å². The third-order valence-corrected chi connectivity index (χ3v) is 2.56. The van der Waals surface area contributed by atoms with Crippen molar-refractivity contribution in [1.82, 2.24) is 0 Å². The summed E-state index contributed by atoms with van der Waals surface area (Å²) in [5, 5.41) is 3.63. The van der Waals surface area contributed by atoms with E-state index >= 15 is 0 Å². The molecule has 2 N–H and O–H groups in total. The van der Waals surface area contributed by atoms with Crippen molar-refractivity contribution in [2.24, 2.45) is 10.9 Å². The van der Waals surface area contributed by atoms with Crippen LogP contribution < -0.4 is 5.73 Å². The molecule has 0 unspecified atom stereocenters. The van der Waals surface area contributed by atoms with E-state index in [-0.39, 0.29) is 0 Å². The molecule has 0 fully saturated rings. The summed E-state index contributed by atoms with van der Waals surface area (Å²) in [5.41, 5.74) is 7.32. The molecule has 2 aromatic carbocycles. The molecule has 1 atom stereocenters. The maximum absolute atomic E-state index is 11.7. The highest BCUT2D eigenvalue weighted by atomic mass is 16.7. The van der Waals surface area contributed by atoms with Gasteiger partial charge >= 0.3 is 5.97 Å². The zero-order chi connectivity index (χ0) is 13.5. The standard InChI is InChI=1S/C15H14N2O2/c16-14(13-9-5-2-6-10-13)15(18)19-17-11-12-7-3-1-4-8-12/h1-11,14H,16H2/t14-/m0/s1. The minimum atomic E-state index is -0.825. The van der Waals surface area contributed by atoms with E-state index in [9.17, 15) is 4.79 Å². The van der Waals surface area contributed by atoms with Gasteiger partial charge in [-0.1, -0.05) is 65.8 Å². The van der Waals surface area contributed by atoms with E-state index in [1.54, 1.807) is 12.1 Å². The molecule has 0 aliphatic rings. The van der Waals surface area contributed by atoms with Crippen LogP contribution in [0.1, 0.15) is 17.2 Å². The Hall–Kier alpha value is -2.46. The Morgan fingerprint density at radius 1 is 1.05 bits per heavy atom. The van der Waals surface area contributed by atoms with Gasteiger partial charge in [0, 0.05) is 0 Å². The topological polar surface area (TPSA) is 64.7 Å². The molecule has 0 aliphatic heterocycles. The van der Waals surface area contributed by atoms with E-state index in [1.807, 2.05) is 48.5 Å². The molecular weight excluding hydrogens is 240 g/mol. The first-order valence-electron chi connectivity index (χ1n) is 5.87. The van der Waals surface area contributed by atoms with Gasteiger partial charge in [0.2, 0.25) is 0 Å². The molecule has 0 bridgehead atoms. The highest BCUT2D eigenvalue weighted by molar-refractivity contribution is 5.81. The van der Waals surface area contributed by atoms with Crippen molar-refractivity contribution in [3.63, 3.8) is 0 Å². The molecule has 2 rings (SSSR count). The molecule has 0 heterocycles. The van der Waals surface area contributed by atoms with E-state index in [0.717, 1.165) is 5.56 Å². The predicted octanol–water partition coefficient (Wildman–Crippen LogP) is 2.26. The Kier molecular flexibility index (Phi) is 4.42. The Labute approximate surface area is 111 Å². The second-order valence-corrected chi connectivity index (χ2v) is 3.94. The number of hydrogen-bond acceptors (Lipinski definition) is 4. The Balaban J connectivity index is 1.93. The Morgan fingerprint density at radius 3 is 2.26 bits per heavy atom. The van der Waals surface area contributed by atoms with Gasteiger partial charge in [-0.25, -0.2) is 4.79 Å². The summed E-state index contributed by atoms with van der Waals surface area (Å²) in [6, 6.07) is 17.6. The molecule has 4 nitrogen and oxygen atoms in total. The van der Waals surface area contributed by atoms with Gasteiger partial charge in [0.15, 0.2) is 0 Å². The molecule has 0 amide bonds. The molecule has 0 saturated carbocycles. The van der Waals surface area contributed by atoms with Crippen LogP contribution in [0.5, 0.6) is 0 Å². The van der Waals surface area contributed by atoms with Crippen LogP contribution in [-0.2, 0) is 9.63 Å². The molecule has 4 heteroatoms. The lowest BCUT2D eigenvalue weighted by molar-refractivity contribution is -0.145. The third kappa shape index (κ3) is 3.76. The van der Waals surface area contributed by atoms with Gasteiger partial charge in [0.1, 0.15) is 6.04 Å². The molecule has 2 aromatic rings. The van der Waals surface area contributed by atoms with Crippen molar-refractivity contribution in [3.8, 4) is 0 Å². The van der Waals surface area contributed by atoms with Crippen molar-refractivity contribution >= 4 is 12.2 Å². The third-order valence-electron chi connectivity index (χ3n) is 2.56. The zero-order valence-corrected chi connectivity index (χ0v) is 10.3. The lowest BCUT2D eigenvalue weighted by Gasteiger charge is -2.07. The zero-order valence-electron chi connectivity index (χ0n) is 10.3. The lowest BCUT2D eigenvalue weighted by atomic mass is 10.1. The predicted molar refractivity (Wildman–Crippen MR) is 73.5 cm³/mol. The van der Waals surface area contributed by atoms with Crippen molar-refractivity contribution in [3.05, 3.63) is 71.8 Å². The fourth-order valence-corrected chi connectivity index (χ4v) is 1.53. The van der Waals surface area contributed by atoms with E-state index in [2.05, 4.69) is 5.16 Å². The summed E-state index contributed by atoms with van der Waals surface area (Å²) >= 11 is 0. The number of hydrogen-bond donors (Lipinski definition) is 1. The summed E-state index contributed by atoms with van der Waals surface area (Å²) in [4.78, 5) is 16.4. The first kappa shape index (κ1) is 13.0. The van der Waals surface area contributed by atoms with Crippen molar-refractivity contribution in [2.75, 3.05) is 0 Å². The second kappa shape index (κ2) is 6.47. The number of rotatable bonds is 4. The smallest absolute Gasteiger partial charge is 0.316 e. The molecule has 0 aliphatic carbocycles. The van der Waals surface area contributed by atoms with Crippen LogP contribution in [-0.4, -0.2) is 12.2 Å². The van der Waals surface area contributed by atoms with Crippen LogP contribution in [0, 0.1) is 0 Å². The van der Waals surface area contributed by atoms with Crippen LogP contribution in [0.25, 0.3) is 0 Å². The number of carbonyl (C=O) groups is 1. The first-order chi connectivity index (χ1) is 9.27. The highest BCUT2D eigenvalue weighted by Crippen LogP contribution is 2.11. The first-order valence-corrected chi connectivity index (χ1v) is 5.87. The normalized spacial score (nSPS) is 12.3. The van der Waals surface area contributed by atoms with E-state index in [1.165, 1.54) is 6.21 Å². The molecule has 0 radical (unpaired) electrons. The Morgan fingerprint density at radius 2 is 1.63 bits per heavy atom. The average Bonchev–Trinajstić information content (AvgIpc) is 2.48. The molecule has 0 aromatic heterocycles. The van der Waals surface area contributed by atoms with Gasteiger partial charge in [-0.15, -0.1) is 0 Å².